The first-order valence-corrected chi connectivity index (χ1v) is 10.3. The second-order valence-electron chi connectivity index (χ2n) is 6.19. The maximum atomic E-state index is 6.24. The third-order valence-corrected chi connectivity index (χ3v) is 5.32. The molecule has 3 aromatic carbocycles. The van der Waals surface area contributed by atoms with Crippen LogP contribution in [0.25, 0.3) is 0 Å². The lowest BCUT2D eigenvalue weighted by Gasteiger charge is -2.14. The van der Waals surface area contributed by atoms with Crippen LogP contribution in [0.5, 0.6) is 11.5 Å². The van der Waals surface area contributed by atoms with Crippen LogP contribution in [0.3, 0.4) is 0 Å². The monoisotopic (exact) mass is 515 g/mol. The highest BCUT2D eigenvalue weighted by Gasteiger charge is 2.08. The highest BCUT2D eigenvalue weighted by atomic mass is 79.9. The molecule has 0 amide bonds. The van der Waals surface area contributed by atoms with Gasteiger partial charge < -0.3 is 14.8 Å². The molecule has 3 nitrogen and oxygen atoms in total. The molecular weight excluding hydrogens is 497 g/mol. The van der Waals surface area contributed by atoms with Crippen molar-refractivity contribution in [3.05, 3.63) is 91.9 Å². The number of nitrogens with one attached hydrogen (secondary N) is 1. The van der Waals surface area contributed by atoms with E-state index in [4.69, 9.17) is 32.7 Å². The Bertz CT molecular complexity index is 953. The van der Waals surface area contributed by atoms with Crippen molar-refractivity contribution in [3.63, 3.8) is 0 Å². The molecule has 0 bridgehead atoms. The van der Waals surface area contributed by atoms with Gasteiger partial charge in [0, 0.05) is 44.3 Å². The molecule has 0 radical (unpaired) electrons. The average molecular weight is 518 g/mol. The third kappa shape index (κ3) is 6.80. The highest BCUT2D eigenvalue weighted by Crippen LogP contribution is 2.27. The minimum Gasteiger partial charge on any atom is -0.496 e. The zero-order valence-electron chi connectivity index (χ0n) is 15.8. The van der Waals surface area contributed by atoms with Gasteiger partial charge in [-0.25, -0.2) is 0 Å². The summed E-state index contributed by atoms with van der Waals surface area (Å²) in [7, 11) is 1.68. The molecular formula is C22H21BrCl3NO2. The Kier molecular flexibility index (Phi) is 9.60. The fourth-order valence-electron chi connectivity index (χ4n) is 2.80. The number of hydrogen-bond donors (Lipinski definition) is 1. The van der Waals surface area contributed by atoms with Crippen LogP contribution in [-0.2, 0) is 19.7 Å². The molecule has 1 N–H and O–H groups in total. The summed E-state index contributed by atoms with van der Waals surface area (Å²) in [6.45, 7) is 1.72. The molecule has 0 saturated heterocycles. The van der Waals surface area contributed by atoms with Gasteiger partial charge in [-0.2, -0.15) is 0 Å². The van der Waals surface area contributed by atoms with Crippen molar-refractivity contribution in [3.8, 4) is 11.5 Å². The molecule has 0 aromatic heterocycles. The summed E-state index contributed by atoms with van der Waals surface area (Å²) in [6.07, 6.45) is 0. The Morgan fingerprint density at radius 3 is 2.38 bits per heavy atom. The molecule has 0 fully saturated rings. The first kappa shape index (κ1) is 23.8. The van der Waals surface area contributed by atoms with E-state index >= 15 is 0 Å². The molecule has 0 saturated carbocycles. The van der Waals surface area contributed by atoms with Gasteiger partial charge in [0.15, 0.2) is 0 Å². The Labute approximate surface area is 195 Å². The van der Waals surface area contributed by atoms with Gasteiger partial charge >= 0.3 is 0 Å². The maximum absolute atomic E-state index is 6.24. The Morgan fingerprint density at radius 1 is 0.862 bits per heavy atom. The topological polar surface area (TPSA) is 30.5 Å². The molecule has 0 unspecified atom stereocenters. The first-order chi connectivity index (χ1) is 13.6. The summed E-state index contributed by atoms with van der Waals surface area (Å²) in [6, 6.07) is 19.3. The molecule has 0 aliphatic rings. The van der Waals surface area contributed by atoms with E-state index in [1.165, 1.54) is 0 Å². The van der Waals surface area contributed by atoms with Crippen LogP contribution in [-0.4, -0.2) is 7.11 Å². The summed E-state index contributed by atoms with van der Waals surface area (Å²) in [5.41, 5.74) is 3.05. The van der Waals surface area contributed by atoms with Crippen LogP contribution in [0.15, 0.2) is 65.1 Å². The van der Waals surface area contributed by atoms with Crippen LogP contribution < -0.4 is 14.8 Å². The van der Waals surface area contributed by atoms with Crippen LogP contribution in [0.4, 0.5) is 0 Å². The van der Waals surface area contributed by atoms with E-state index in [9.17, 15) is 0 Å². The number of ether oxygens (including phenoxy) is 2. The van der Waals surface area contributed by atoms with E-state index in [2.05, 4.69) is 21.2 Å². The van der Waals surface area contributed by atoms with Crippen LogP contribution in [0.2, 0.25) is 10.0 Å². The number of rotatable bonds is 8. The second kappa shape index (κ2) is 11.7. The minimum atomic E-state index is 0. The molecule has 7 heteroatoms. The van der Waals surface area contributed by atoms with Gasteiger partial charge in [0.25, 0.3) is 0 Å². The van der Waals surface area contributed by atoms with Gasteiger partial charge in [-0.15, -0.1) is 12.4 Å². The number of para-hydroxylation sites is 1. The fraction of sp³-hybridized carbons (Fsp3) is 0.182. The molecule has 0 heterocycles. The van der Waals surface area contributed by atoms with E-state index in [1.54, 1.807) is 13.2 Å². The number of halogens is 4. The van der Waals surface area contributed by atoms with Crippen molar-refractivity contribution in [1.82, 2.24) is 5.32 Å². The van der Waals surface area contributed by atoms with Crippen molar-refractivity contribution in [2.45, 2.75) is 19.7 Å². The quantitative estimate of drug-likeness (QED) is 0.347. The van der Waals surface area contributed by atoms with Crippen molar-refractivity contribution in [1.29, 1.82) is 0 Å². The average Bonchev–Trinajstić information content (AvgIpc) is 2.69. The second-order valence-corrected chi connectivity index (χ2v) is 7.95. The Hall–Kier alpha value is -1.43. The lowest BCUT2D eigenvalue weighted by Crippen LogP contribution is -2.14. The van der Waals surface area contributed by atoms with E-state index < -0.39 is 0 Å². The van der Waals surface area contributed by atoms with Gasteiger partial charge in [-0.3, -0.25) is 0 Å². The third-order valence-electron chi connectivity index (χ3n) is 4.24. The van der Waals surface area contributed by atoms with Crippen LogP contribution in [0, 0.1) is 0 Å². The molecule has 0 spiro atoms. The molecule has 29 heavy (non-hydrogen) atoms. The number of hydrogen-bond acceptors (Lipinski definition) is 3. The van der Waals surface area contributed by atoms with Crippen molar-refractivity contribution < 1.29 is 9.47 Å². The summed E-state index contributed by atoms with van der Waals surface area (Å²) >= 11 is 15.7. The molecule has 0 aliphatic heterocycles. The smallest absolute Gasteiger partial charge is 0.124 e. The molecule has 0 aliphatic carbocycles. The summed E-state index contributed by atoms with van der Waals surface area (Å²) in [4.78, 5) is 0. The number of methoxy groups -OCH3 is 1. The van der Waals surface area contributed by atoms with Crippen LogP contribution >= 0.6 is 51.5 Å². The van der Waals surface area contributed by atoms with E-state index in [0.717, 1.165) is 32.7 Å². The van der Waals surface area contributed by atoms with Crippen LogP contribution in [0.1, 0.15) is 16.7 Å². The first-order valence-electron chi connectivity index (χ1n) is 8.74. The highest BCUT2D eigenvalue weighted by molar-refractivity contribution is 9.10. The fourth-order valence-corrected chi connectivity index (χ4v) is 3.67. The summed E-state index contributed by atoms with van der Waals surface area (Å²) < 4.78 is 12.4. The van der Waals surface area contributed by atoms with E-state index in [0.29, 0.717) is 29.7 Å². The molecule has 3 rings (SSSR count). The molecule has 154 valence electrons. The predicted molar refractivity (Wildman–Crippen MR) is 126 cm³/mol. The maximum Gasteiger partial charge on any atom is 0.124 e. The van der Waals surface area contributed by atoms with Crippen molar-refractivity contribution in [2.24, 2.45) is 0 Å². The predicted octanol–water partition coefficient (Wildman–Crippen LogP) is 7.06. The van der Waals surface area contributed by atoms with Gasteiger partial charge in [0.05, 0.1) is 7.11 Å². The largest absolute Gasteiger partial charge is 0.496 e. The van der Waals surface area contributed by atoms with Gasteiger partial charge in [-0.1, -0.05) is 63.4 Å². The standard InChI is InChI=1S/C22H20BrCl2NO2.ClH/c1-27-21-5-3-2-4-15(21)12-26-13-17-10-18(23)7-9-22(17)28-14-16-6-8-19(24)11-20(16)25;/h2-11,26H,12-14H2,1H3;1H. The minimum absolute atomic E-state index is 0. The Balaban J connectivity index is 0.00000300. The normalized spacial score (nSPS) is 10.3. The zero-order valence-corrected chi connectivity index (χ0v) is 19.7. The Morgan fingerprint density at radius 2 is 1.62 bits per heavy atom. The van der Waals surface area contributed by atoms with E-state index in [1.807, 2.05) is 54.6 Å². The summed E-state index contributed by atoms with van der Waals surface area (Å²) in [5.74, 6) is 1.68. The SMILES string of the molecule is COc1ccccc1CNCc1cc(Br)ccc1OCc1ccc(Cl)cc1Cl.Cl. The molecule has 3 aromatic rings. The van der Waals surface area contributed by atoms with Crippen molar-refractivity contribution >= 4 is 51.5 Å². The van der Waals surface area contributed by atoms with Gasteiger partial charge in [0.1, 0.15) is 18.1 Å². The molecule has 0 atom stereocenters. The lowest BCUT2D eigenvalue weighted by molar-refractivity contribution is 0.302. The van der Waals surface area contributed by atoms with E-state index in [-0.39, 0.29) is 12.4 Å². The lowest BCUT2D eigenvalue weighted by atomic mass is 10.1. The zero-order chi connectivity index (χ0) is 19.9. The van der Waals surface area contributed by atoms with Crippen molar-refractivity contribution in [2.75, 3.05) is 7.11 Å². The summed E-state index contributed by atoms with van der Waals surface area (Å²) in [5, 5.41) is 4.66. The van der Waals surface area contributed by atoms with Gasteiger partial charge in [0.2, 0.25) is 0 Å². The van der Waals surface area contributed by atoms with Gasteiger partial charge in [-0.05, 0) is 36.4 Å². The number of benzene rings is 3.